The van der Waals surface area contributed by atoms with Gasteiger partial charge in [0.25, 0.3) is 0 Å². The van der Waals surface area contributed by atoms with E-state index in [9.17, 15) is 9.59 Å². The van der Waals surface area contributed by atoms with Crippen LogP contribution in [0.25, 0.3) is 0 Å². The summed E-state index contributed by atoms with van der Waals surface area (Å²) in [6, 6.07) is 0. The molecule has 2 atom stereocenters. The molecule has 1 rings (SSSR count). The third-order valence-electron chi connectivity index (χ3n) is 2.45. The van der Waals surface area contributed by atoms with E-state index in [0.29, 0.717) is 12.8 Å². The molecule has 1 saturated heterocycles. The first-order valence-corrected chi connectivity index (χ1v) is 5.70. The average Bonchev–Trinajstić information content (AvgIpc) is 2.41. The number of thioether (sulfide) groups is 1. The van der Waals surface area contributed by atoms with Gasteiger partial charge < -0.3 is 9.84 Å². The van der Waals surface area contributed by atoms with Gasteiger partial charge in [0.1, 0.15) is 0 Å². The van der Waals surface area contributed by atoms with E-state index in [2.05, 4.69) is 4.74 Å². The van der Waals surface area contributed by atoms with Crippen molar-refractivity contribution in [2.75, 3.05) is 18.6 Å². The number of hydrogen-bond acceptors (Lipinski definition) is 4. The number of aliphatic carboxylic acids is 1. The molecule has 4 nitrogen and oxygen atoms in total. The van der Waals surface area contributed by atoms with Gasteiger partial charge in [-0.15, -0.1) is 0 Å². The Labute approximate surface area is 87.0 Å². The highest BCUT2D eigenvalue weighted by Gasteiger charge is 2.35. The molecular formula is C9H14O4S. The molecule has 1 heterocycles. The maximum atomic E-state index is 11.3. The van der Waals surface area contributed by atoms with Gasteiger partial charge >= 0.3 is 11.9 Å². The predicted octanol–water partition coefficient (Wildman–Crippen LogP) is 1.00. The summed E-state index contributed by atoms with van der Waals surface area (Å²) >= 11 is 1.70. The molecule has 1 N–H and O–H groups in total. The first kappa shape index (κ1) is 11.4. The molecule has 0 aromatic carbocycles. The molecule has 0 aliphatic carbocycles. The molecule has 1 aliphatic heterocycles. The van der Waals surface area contributed by atoms with Crippen LogP contribution in [-0.4, -0.2) is 35.7 Å². The molecule has 0 spiro atoms. The summed E-state index contributed by atoms with van der Waals surface area (Å²) in [7, 11) is 1.30. The van der Waals surface area contributed by atoms with Gasteiger partial charge in [0.15, 0.2) is 0 Å². The van der Waals surface area contributed by atoms with Gasteiger partial charge in [0.2, 0.25) is 0 Å². The van der Waals surface area contributed by atoms with Crippen molar-refractivity contribution in [3.05, 3.63) is 0 Å². The molecule has 1 aliphatic rings. The quantitative estimate of drug-likeness (QED) is 0.701. The molecule has 0 bridgehead atoms. The molecule has 0 aromatic rings. The number of carboxylic acid groups (broad SMARTS) is 1. The highest BCUT2D eigenvalue weighted by Crippen LogP contribution is 2.28. The molecule has 0 amide bonds. The predicted molar refractivity (Wildman–Crippen MR) is 53.2 cm³/mol. The van der Waals surface area contributed by atoms with Gasteiger partial charge in [-0.05, 0) is 24.3 Å². The summed E-state index contributed by atoms with van der Waals surface area (Å²) in [6.07, 6.45) is 1.16. The van der Waals surface area contributed by atoms with Crippen molar-refractivity contribution in [3.8, 4) is 0 Å². The zero-order valence-electron chi connectivity index (χ0n) is 8.06. The molecule has 0 aromatic heterocycles. The second-order valence-corrected chi connectivity index (χ2v) is 4.49. The maximum Gasteiger partial charge on any atom is 0.309 e. The summed E-state index contributed by atoms with van der Waals surface area (Å²) in [5.74, 6) is -0.665. The Kier molecular flexibility index (Phi) is 4.25. The van der Waals surface area contributed by atoms with Crippen molar-refractivity contribution in [1.82, 2.24) is 0 Å². The summed E-state index contributed by atoms with van der Waals surface area (Å²) in [5, 5.41) is 8.96. The van der Waals surface area contributed by atoms with Gasteiger partial charge in [-0.1, -0.05) is 0 Å². The Morgan fingerprint density at radius 2 is 1.86 bits per heavy atom. The Morgan fingerprint density at radius 1 is 1.29 bits per heavy atom. The molecule has 0 saturated carbocycles. The van der Waals surface area contributed by atoms with E-state index in [-0.39, 0.29) is 5.97 Å². The lowest BCUT2D eigenvalue weighted by atomic mass is 9.88. The summed E-state index contributed by atoms with van der Waals surface area (Å²) in [6.45, 7) is 0. The monoisotopic (exact) mass is 218 g/mol. The minimum Gasteiger partial charge on any atom is -0.481 e. The fourth-order valence-corrected chi connectivity index (χ4v) is 2.70. The Morgan fingerprint density at radius 3 is 2.36 bits per heavy atom. The highest BCUT2D eigenvalue weighted by molar-refractivity contribution is 7.99. The molecule has 0 unspecified atom stereocenters. The zero-order chi connectivity index (χ0) is 10.6. The van der Waals surface area contributed by atoms with Crippen molar-refractivity contribution >= 4 is 23.7 Å². The number of hydrogen-bond donors (Lipinski definition) is 1. The minimum absolute atomic E-state index is 0.389. The normalized spacial score (nSPS) is 27.8. The number of esters is 1. The first-order chi connectivity index (χ1) is 6.66. The lowest BCUT2D eigenvalue weighted by Crippen LogP contribution is -2.30. The van der Waals surface area contributed by atoms with Gasteiger partial charge in [0, 0.05) is 0 Å². The van der Waals surface area contributed by atoms with Crippen LogP contribution in [0, 0.1) is 11.8 Å². The van der Waals surface area contributed by atoms with Crippen LogP contribution in [0.2, 0.25) is 0 Å². The van der Waals surface area contributed by atoms with Crippen LogP contribution < -0.4 is 0 Å². The van der Waals surface area contributed by atoms with Crippen LogP contribution in [0.4, 0.5) is 0 Å². The SMILES string of the molecule is COC(=O)[C@@H]1CCSCC[C@H]1C(=O)O. The van der Waals surface area contributed by atoms with Gasteiger partial charge in [-0.25, -0.2) is 0 Å². The van der Waals surface area contributed by atoms with Crippen LogP contribution in [-0.2, 0) is 14.3 Å². The van der Waals surface area contributed by atoms with E-state index in [0.717, 1.165) is 11.5 Å². The average molecular weight is 218 g/mol. The smallest absolute Gasteiger partial charge is 0.309 e. The Bertz CT molecular complexity index is 229. The molecule has 5 heteroatoms. The largest absolute Gasteiger partial charge is 0.481 e. The zero-order valence-corrected chi connectivity index (χ0v) is 8.88. The van der Waals surface area contributed by atoms with Gasteiger partial charge in [-0.2, -0.15) is 11.8 Å². The number of carboxylic acids is 1. The molecule has 0 radical (unpaired) electrons. The van der Waals surface area contributed by atoms with E-state index in [4.69, 9.17) is 5.11 Å². The van der Waals surface area contributed by atoms with E-state index in [1.807, 2.05) is 0 Å². The Hall–Kier alpha value is -0.710. The van der Waals surface area contributed by atoms with E-state index < -0.39 is 17.8 Å². The maximum absolute atomic E-state index is 11.3. The molecule has 1 fully saturated rings. The minimum atomic E-state index is -0.886. The van der Waals surface area contributed by atoms with Gasteiger partial charge in [-0.3, -0.25) is 9.59 Å². The van der Waals surface area contributed by atoms with Crippen molar-refractivity contribution in [2.45, 2.75) is 12.8 Å². The second-order valence-electron chi connectivity index (χ2n) is 3.26. The summed E-state index contributed by atoms with van der Waals surface area (Å²) in [5.41, 5.74) is 0. The lowest BCUT2D eigenvalue weighted by molar-refractivity contribution is -0.155. The van der Waals surface area contributed by atoms with Crippen LogP contribution in [0.3, 0.4) is 0 Å². The topological polar surface area (TPSA) is 63.6 Å². The van der Waals surface area contributed by atoms with Crippen LogP contribution in [0.15, 0.2) is 0 Å². The first-order valence-electron chi connectivity index (χ1n) is 4.55. The molecular weight excluding hydrogens is 204 g/mol. The van der Waals surface area contributed by atoms with E-state index >= 15 is 0 Å². The van der Waals surface area contributed by atoms with Crippen molar-refractivity contribution < 1.29 is 19.4 Å². The standard InChI is InChI=1S/C9H14O4S/c1-13-9(12)7-3-5-14-4-2-6(7)8(10)11/h6-7H,2-5H2,1H3,(H,10,11)/t6-,7-/m1/s1. The van der Waals surface area contributed by atoms with E-state index in [1.165, 1.54) is 7.11 Å². The highest BCUT2D eigenvalue weighted by atomic mass is 32.2. The van der Waals surface area contributed by atoms with Crippen molar-refractivity contribution in [2.24, 2.45) is 11.8 Å². The van der Waals surface area contributed by atoms with E-state index in [1.54, 1.807) is 11.8 Å². The Balaban J connectivity index is 2.73. The number of ether oxygens (including phenoxy) is 1. The number of carbonyl (C=O) groups is 2. The van der Waals surface area contributed by atoms with Crippen LogP contribution >= 0.6 is 11.8 Å². The number of methoxy groups -OCH3 is 1. The van der Waals surface area contributed by atoms with Crippen LogP contribution in [0.5, 0.6) is 0 Å². The van der Waals surface area contributed by atoms with Gasteiger partial charge in [0.05, 0.1) is 18.9 Å². The third kappa shape index (κ3) is 2.64. The molecule has 80 valence electrons. The van der Waals surface area contributed by atoms with Crippen molar-refractivity contribution in [3.63, 3.8) is 0 Å². The number of rotatable bonds is 2. The molecule has 14 heavy (non-hydrogen) atoms. The fourth-order valence-electron chi connectivity index (χ4n) is 1.65. The second kappa shape index (κ2) is 5.24. The fraction of sp³-hybridized carbons (Fsp3) is 0.778. The lowest BCUT2D eigenvalue weighted by Gasteiger charge is -2.18. The van der Waals surface area contributed by atoms with Crippen molar-refractivity contribution in [1.29, 1.82) is 0 Å². The summed E-state index contributed by atoms with van der Waals surface area (Å²) in [4.78, 5) is 22.3. The number of carbonyl (C=O) groups excluding carboxylic acids is 1. The summed E-state index contributed by atoms with van der Waals surface area (Å²) < 4.78 is 4.61. The third-order valence-corrected chi connectivity index (χ3v) is 3.50. The van der Waals surface area contributed by atoms with Crippen LogP contribution in [0.1, 0.15) is 12.8 Å².